The second-order valence-electron chi connectivity index (χ2n) is 10.1. The van der Waals surface area contributed by atoms with Gasteiger partial charge in [0.05, 0.1) is 7.11 Å². The first-order valence-corrected chi connectivity index (χ1v) is 13.5. The van der Waals surface area contributed by atoms with E-state index in [2.05, 4.69) is 30.2 Å². The number of benzene rings is 2. The minimum absolute atomic E-state index is 0.0343. The van der Waals surface area contributed by atoms with Gasteiger partial charge in [0, 0.05) is 17.5 Å². The number of nitrogens with zero attached hydrogens (tertiary/aromatic N) is 1. The largest absolute Gasteiger partial charge is 0.497 e. The zero-order chi connectivity index (χ0) is 28.5. The van der Waals surface area contributed by atoms with E-state index >= 15 is 0 Å². The highest BCUT2D eigenvalue weighted by atomic mass is 32.1. The van der Waals surface area contributed by atoms with Crippen LogP contribution in [0.2, 0.25) is 0 Å². The van der Waals surface area contributed by atoms with E-state index in [4.69, 9.17) is 9.47 Å². The average Bonchev–Trinajstić information content (AvgIpc) is 2.89. The molecule has 0 heterocycles. The molecule has 0 spiro atoms. The lowest BCUT2D eigenvalue weighted by Gasteiger charge is -2.38. The Morgan fingerprint density at radius 3 is 2.08 bits per heavy atom. The third-order valence-electron chi connectivity index (χ3n) is 6.08. The number of thiol groups is 1. The van der Waals surface area contributed by atoms with Gasteiger partial charge in [0.15, 0.2) is 0 Å². The number of carbonyl (C=O) groups is 3. The molecule has 0 aliphatic rings. The summed E-state index contributed by atoms with van der Waals surface area (Å²) in [4.78, 5) is 41.9. The summed E-state index contributed by atoms with van der Waals surface area (Å²) < 4.78 is 10.6. The number of rotatable bonds is 11. The van der Waals surface area contributed by atoms with Crippen LogP contribution in [-0.4, -0.2) is 53.4 Å². The molecule has 2 N–H and O–H groups in total. The van der Waals surface area contributed by atoms with Crippen LogP contribution in [0, 0.1) is 0 Å². The minimum Gasteiger partial charge on any atom is -0.497 e. The van der Waals surface area contributed by atoms with Crippen LogP contribution in [0.3, 0.4) is 0 Å². The zero-order valence-electron chi connectivity index (χ0n) is 23.4. The summed E-state index contributed by atoms with van der Waals surface area (Å²) in [7, 11) is 1.57. The van der Waals surface area contributed by atoms with Crippen molar-refractivity contribution in [2.45, 2.75) is 78.1 Å². The highest BCUT2D eigenvalue weighted by Crippen LogP contribution is 2.28. The number of carbonyl (C=O) groups excluding carboxylic acids is 3. The van der Waals surface area contributed by atoms with Crippen molar-refractivity contribution in [1.82, 2.24) is 10.2 Å². The highest BCUT2D eigenvalue weighted by molar-refractivity contribution is 7.80. The van der Waals surface area contributed by atoms with Gasteiger partial charge in [-0.25, -0.2) is 4.79 Å². The molecule has 0 aliphatic heterocycles. The third-order valence-corrected chi connectivity index (χ3v) is 6.44. The Balaban J connectivity index is 2.49. The van der Waals surface area contributed by atoms with Crippen molar-refractivity contribution < 1.29 is 23.9 Å². The first-order chi connectivity index (χ1) is 17.9. The van der Waals surface area contributed by atoms with E-state index in [-0.39, 0.29) is 17.7 Å². The van der Waals surface area contributed by atoms with Crippen LogP contribution in [0.4, 0.5) is 10.5 Å². The number of methoxy groups -OCH3 is 1. The van der Waals surface area contributed by atoms with E-state index < -0.39 is 29.7 Å². The average molecular weight is 544 g/mol. The van der Waals surface area contributed by atoms with Crippen molar-refractivity contribution in [3.05, 3.63) is 59.7 Å². The molecule has 3 unspecified atom stereocenters. The SMILES string of the molecule is CCc1ccc(C(C(=O)Nc2ccc(OC)cc2)N(C(=O)C(CS)NC(=O)OC(C)(C)C)C(C)CC)cc1. The van der Waals surface area contributed by atoms with E-state index in [0.29, 0.717) is 23.4 Å². The van der Waals surface area contributed by atoms with Crippen molar-refractivity contribution in [2.24, 2.45) is 0 Å². The van der Waals surface area contributed by atoms with Crippen LogP contribution in [0.5, 0.6) is 5.75 Å². The van der Waals surface area contributed by atoms with Gasteiger partial charge in [-0.1, -0.05) is 38.1 Å². The minimum atomic E-state index is -0.992. The standard InChI is InChI=1S/C29H41N3O5S/c1-8-19(3)32(27(34)24(18-38)31-28(35)37-29(4,5)6)25(21-12-10-20(9-2)11-13-21)26(33)30-22-14-16-23(36-7)17-15-22/h10-17,19,24-25,38H,8-9,18H2,1-7H3,(H,30,33)(H,31,35). The first kappa shape index (κ1) is 31.0. The molecule has 208 valence electrons. The smallest absolute Gasteiger partial charge is 0.408 e. The number of alkyl carbamates (subject to hydrolysis) is 1. The summed E-state index contributed by atoms with van der Waals surface area (Å²) in [5, 5.41) is 5.58. The van der Waals surface area contributed by atoms with E-state index in [0.717, 1.165) is 12.0 Å². The van der Waals surface area contributed by atoms with Gasteiger partial charge >= 0.3 is 6.09 Å². The summed E-state index contributed by atoms with van der Waals surface area (Å²) in [5.41, 5.74) is 1.62. The second-order valence-corrected chi connectivity index (χ2v) is 10.5. The monoisotopic (exact) mass is 543 g/mol. The number of nitrogens with one attached hydrogen (secondary N) is 2. The maximum atomic E-state index is 14.0. The predicted octanol–water partition coefficient (Wildman–Crippen LogP) is 5.39. The number of ether oxygens (including phenoxy) is 2. The Hall–Kier alpha value is -3.20. The summed E-state index contributed by atoms with van der Waals surface area (Å²) in [5.74, 6) is -0.0964. The number of anilines is 1. The fourth-order valence-electron chi connectivity index (χ4n) is 3.87. The topological polar surface area (TPSA) is 97.0 Å². The summed E-state index contributed by atoms with van der Waals surface area (Å²) in [6.45, 7) is 11.1. The van der Waals surface area contributed by atoms with Crippen molar-refractivity contribution in [3.8, 4) is 5.75 Å². The summed E-state index contributed by atoms with van der Waals surface area (Å²) in [6, 6.07) is 12.4. The molecule has 2 rings (SSSR count). The van der Waals surface area contributed by atoms with Gasteiger partial charge in [-0.05, 0) is 75.9 Å². The molecule has 0 saturated carbocycles. The van der Waals surface area contributed by atoms with Gasteiger partial charge in [0.25, 0.3) is 5.91 Å². The Labute approximate surface area is 231 Å². The molecule has 0 radical (unpaired) electrons. The summed E-state index contributed by atoms with van der Waals surface area (Å²) in [6.07, 6.45) is 0.718. The maximum absolute atomic E-state index is 14.0. The molecular weight excluding hydrogens is 502 g/mol. The molecule has 2 aromatic rings. The Kier molecular flexibility index (Phi) is 11.5. The quantitative estimate of drug-likeness (QED) is 0.330. The van der Waals surface area contributed by atoms with E-state index in [1.165, 1.54) is 4.90 Å². The Bertz CT molecular complexity index is 1070. The van der Waals surface area contributed by atoms with Gasteiger partial charge in [0.2, 0.25) is 5.91 Å². The van der Waals surface area contributed by atoms with Crippen LogP contribution < -0.4 is 15.4 Å². The van der Waals surface area contributed by atoms with Crippen LogP contribution in [0.1, 0.15) is 65.1 Å². The van der Waals surface area contributed by atoms with Crippen molar-refractivity contribution >= 4 is 36.2 Å². The van der Waals surface area contributed by atoms with Gasteiger partial charge in [-0.3, -0.25) is 9.59 Å². The molecule has 3 amide bonds. The number of aryl methyl sites for hydroxylation is 1. The molecule has 9 heteroatoms. The predicted molar refractivity (Wildman–Crippen MR) is 154 cm³/mol. The molecule has 38 heavy (non-hydrogen) atoms. The molecule has 0 aromatic heterocycles. The lowest BCUT2D eigenvalue weighted by molar-refractivity contribution is -0.142. The molecule has 8 nitrogen and oxygen atoms in total. The van der Waals surface area contributed by atoms with Gasteiger partial charge in [-0.2, -0.15) is 12.6 Å². The third kappa shape index (κ3) is 8.68. The zero-order valence-corrected chi connectivity index (χ0v) is 24.3. The van der Waals surface area contributed by atoms with Gasteiger partial charge in [-0.15, -0.1) is 0 Å². The Morgan fingerprint density at radius 1 is 1.00 bits per heavy atom. The highest BCUT2D eigenvalue weighted by Gasteiger charge is 2.38. The van der Waals surface area contributed by atoms with Crippen LogP contribution in [0.15, 0.2) is 48.5 Å². The second kappa shape index (κ2) is 14.1. The molecule has 0 bridgehead atoms. The lowest BCUT2D eigenvalue weighted by atomic mass is 9.98. The van der Waals surface area contributed by atoms with Crippen molar-refractivity contribution in [2.75, 3.05) is 18.2 Å². The normalized spacial score (nSPS) is 13.6. The van der Waals surface area contributed by atoms with E-state index in [1.807, 2.05) is 38.1 Å². The molecule has 3 atom stereocenters. The lowest BCUT2D eigenvalue weighted by Crippen LogP contribution is -2.55. The van der Waals surface area contributed by atoms with Crippen LogP contribution >= 0.6 is 12.6 Å². The van der Waals surface area contributed by atoms with Crippen molar-refractivity contribution in [1.29, 1.82) is 0 Å². The molecule has 0 aliphatic carbocycles. The fourth-order valence-corrected chi connectivity index (χ4v) is 4.12. The number of amides is 3. The molecule has 2 aromatic carbocycles. The number of hydrogen-bond donors (Lipinski definition) is 3. The fraction of sp³-hybridized carbons (Fsp3) is 0.483. The van der Waals surface area contributed by atoms with Crippen molar-refractivity contribution in [3.63, 3.8) is 0 Å². The van der Waals surface area contributed by atoms with Crippen LogP contribution in [0.25, 0.3) is 0 Å². The van der Waals surface area contributed by atoms with Crippen LogP contribution in [-0.2, 0) is 20.7 Å². The van der Waals surface area contributed by atoms with E-state index in [1.54, 1.807) is 52.1 Å². The van der Waals surface area contributed by atoms with E-state index in [9.17, 15) is 14.4 Å². The van der Waals surface area contributed by atoms with Gasteiger partial charge < -0.3 is 25.0 Å². The molecule has 0 fully saturated rings. The number of hydrogen-bond acceptors (Lipinski definition) is 6. The molecular formula is C29H41N3O5S. The molecule has 0 saturated heterocycles. The summed E-state index contributed by atoms with van der Waals surface area (Å²) >= 11 is 4.34. The first-order valence-electron chi connectivity index (χ1n) is 12.9. The maximum Gasteiger partial charge on any atom is 0.408 e. The Morgan fingerprint density at radius 2 is 1.61 bits per heavy atom. The van der Waals surface area contributed by atoms with Gasteiger partial charge in [0.1, 0.15) is 23.4 Å².